The Morgan fingerprint density at radius 1 is 1.35 bits per heavy atom. The molecule has 1 fully saturated rings. The SMILES string of the molecule is Cc1nc(CC(=O)NC2CCCCC2)ncc1C(=O)O. The zero-order chi connectivity index (χ0) is 14.5. The Morgan fingerprint density at radius 2 is 2.05 bits per heavy atom. The molecule has 1 aromatic heterocycles. The first-order valence-corrected chi connectivity index (χ1v) is 6.91. The second-order valence-electron chi connectivity index (χ2n) is 5.17. The predicted octanol–water partition coefficient (Wildman–Crippen LogP) is 1.47. The summed E-state index contributed by atoms with van der Waals surface area (Å²) < 4.78 is 0. The van der Waals surface area contributed by atoms with Gasteiger partial charge in [-0.3, -0.25) is 4.79 Å². The van der Waals surface area contributed by atoms with Crippen molar-refractivity contribution in [3.63, 3.8) is 0 Å². The first kappa shape index (κ1) is 14.4. The zero-order valence-electron chi connectivity index (χ0n) is 11.6. The maximum Gasteiger partial charge on any atom is 0.339 e. The van der Waals surface area contributed by atoms with Gasteiger partial charge in [-0.05, 0) is 19.8 Å². The first-order valence-electron chi connectivity index (χ1n) is 6.91. The fourth-order valence-electron chi connectivity index (χ4n) is 2.48. The van der Waals surface area contributed by atoms with Gasteiger partial charge in [-0.25, -0.2) is 14.8 Å². The molecule has 1 saturated carbocycles. The molecule has 0 aromatic carbocycles. The van der Waals surface area contributed by atoms with Crippen LogP contribution in [0.4, 0.5) is 0 Å². The lowest BCUT2D eigenvalue weighted by atomic mass is 9.95. The number of carboxylic acid groups (broad SMARTS) is 1. The molecule has 108 valence electrons. The highest BCUT2D eigenvalue weighted by atomic mass is 16.4. The van der Waals surface area contributed by atoms with Crippen molar-refractivity contribution < 1.29 is 14.7 Å². The molecule has 0 aliphatic heterocycles. The Morgan fingerprint density at radius 3 is 2.65 bits per heavy atom. The second-order valence-corrected chi connectivity index (χ2v) is 5.17. The summed E-state index contributed by atoms with van der Waals surface area (Å²) in [5.41, 5.74) is 0.453. The number of amides is 1. The van der Waals surface area contributed by atoms with E-state index in [4.69, 9.17) is 5.11 Å². The molecular formula is C14H19N3O3. The Labute approximate surface area is 117 Å². The van der Waals surface area contributed by atoms with E-state index >= 15 is 0 Å². The highest BCUT2D eigenvalue weighted by Gasteiger charge is 2.17. The number of nitrogens with one attached hydrogen (secondary N) is 1. The van der Waals surface area contributed by atoms with Gasteiger partial charge < -0.3 is 10.4 Å². The van der Waals surface area contributed by atoms with Gasteiger partial charge in [-0.15, -0.1) is 0 Å². The molecule has 6 nitrogen and oxygen atoms in total. The third kappa shape index (κ3) is 3.76. The Hall–Kier alpha value is -1.98. The quantitative estimate of drug-likeness (QED) is 0.869. The van der Waals surface area contributed by atoms with Crippen LogP contribution in [0.5, 0.6) is 0 Å². The van der Waals surface area contributed by atoms with Gasteiger partial charge >= 0.3 is 5.97 Å². The van der Waals surface area contributed by atoms with E-state index in [1.165, 1.54) is 12.6 Å². The highest BCUT2D eigenvalue weighted by Crippen LogP contribution is 2.17. The molecule has 6 heteroatoms. The monoisotopic (exact) mass is 277 g/mol. The van der Waals surface area contributed by atoms with Crippen molar-refractivity contribution in [2.75, 3.05) is 0 Å². The number of nitrogens with zero attached hydrogens (tertiary/aromatic N) is 2. The van der Waals surface area contributed by atoms with Crippen molar-refractivity contribution in [3.05, 3.63) is 23.3 Å². The summed E-state index contributed by atoms with van der Waals surface area (Å²) in [4.78, 5) is 30.8. The number of carboxylic acids is 1. The van der Waals surface area contributed by atoms with E-state index in [1.54, 1.807) is 6.92 Å². The van der Waals surface area contributed by atoms with E-state index in [0.717, 1.165) is 25.7 Å². The summed E-state index contributed by atoms with van der Waals surface area (Å²) in [5, 5.41) is 11.9. The predicted molar refractivity (Wildman–Crippen MR) is 72.4 cm³/mol. The standard InChI is InChI=1S/C14H19N3O3/c1-9-11(14(19)20)8-15-12(16-9)7-13(18)17-10-5-3-2-4-6-10/h8,10H,2-7H2,1H3,(H,17,18)(H,19,20). The number of hydrogen-bond donors (Lipinski definition) is 2. The highest BCUT2D eigenvalue weighted by molar-refractivity contribution is 5.88. The average Bonchev–Trinajstić information content (AvgIpc) is 2.39. The van der Waals surface area contributed by atoms with Gasteiger partial charge in [0.2, 0.25) is 5.91 Å². The molecule has 1 aliphatic carbocycles. The van der Waals surface area contributed by atoms with Gasteiger partial charge in [0.05, 0.1) is 17.7 Å². The third-order valence-electron chi connectivity index (χ3n) is 3.55. The summed E-state index contributed by atoms with van der Waals surface area (Å²) in [6.07, 6.45) is 6.98. The van der Waals surface area contributed by atoms with Crippen LogP contribution in [-0.4, -0.2) is 33.0 Å². The smallest absolute Gasteiger partial charge is 0.339 e. The minimum Gasteiger partial charge on any atom is -0.478 e. The van der Waals surface area contributed by atoms with Crippen molar-refractivity contribution in [3.8, 4) is 0 Å². The molecule has 2 rings (SSSR count). The number of carbonyl (C=O) groups is 2. The average molecular weight is 277 g/mol. The summed E-state index contributed by atoms with van der Waals surface area (Å²) in [6.45, 7) is 1.60. The molecule has 2 N–H and O–H groups in total. The molecule has 20 heavy (non-hydrogen) atoms. The molecule has 1 aromatic rings. The molecule has 0 unspecified atom stereocenters. The molecule has 0 atom stereocenters. The van der Waals surface area contributed by atoms with Crippen molar-refractivity contribution in [1.82, 2.24) is 15.3 Å². The largest absolute Gasteiger partial charge is 0.478 e. The first-order chi connectivity index (χ1) is 9.56. The van der Waals surface area contributed by atoms with Crippen LogP contribution in [0.2, 0.25) is 0 Å². The van der Waals surface area contributed by atoms with E-state index in [0.29, 0.717) is 11.5 Å². The van der Waals surface area contributed by atoms with Gasteiger partial charge in [0.15, 0.2) is 0 Å². The topological polar surface area (TPSA) is 92.2 Å². The lowest BCUT2D eigenvalue weighted by Crippen LogP contribution is -2.37. The summed E-state index contributed by atoms with van der Waals surface area (Å²) in [6, 6.07) is 0.260. The van der Waals surface area contributed by atoms with Gasteiger partial charge in [0, 0.05) is 12.2 Å². The van der Waals surface area contributed by atoms with E-state index < -0.39 is 5.97 Å². The lowest BCUT2D eigenvalue weighted by Gasteiger charge is -2.22. The van der Waals surface area contributed by atoms with Crippen LogP contribution in [0.15, 0.2) is 6.20 Å². The molecule has 0 saturated heterocycles. The molecule has 0 radical (unpaired) electrons. The normalized spacial score (nSPS) is 15.8. The summed E-state index contributed by atoms with van der Waals surface area (Å²) in [7, 11) is 0. The van der Waals surface area contributed by atoms with Gasteiger partial charge in [-0.2, -0.15) is 0 Å². The summed E-state index contributed by atoms with van der Waals surface area (Å²) in [5.74, 6) is -0.791. The number of aromatic carboxylic acids is 1. The third-order valence-corrected chi connectivity index (χ3v) is 3.55. The fourth-order valence-corrected chi connectivity index (χ4v) is 2.48. The fraction of sp³-hybridized carbons (Fsp3) is 0.571. The maximum atomic E-state index is 11.9. The van der Waals surface area contributed by atoms with Gasteiger partial charge in [0.1, 0.15) is 5.82 Å². The van der Waals surface area contributed by atoms with Crippen LogP contribution >= 0.6 is 0 Å². The van der Waals surface area contributed by atoms with Crippen molar-refractivity contribution in [2.24, 2.45) is 0 Å². The number of hydrogen-bond acceptors (Lipinski definition) is 4. The maximum absolute atomic E-state index is 11.9. The number of carbonyl (C=O) groups excluding carboxylic acids is 1. The summed E-state index contributed by atoms with van der Waals surface area (Å²) >= 11 is 0. The van der Waals surface area contributed by atoms with E-state index in [-0.39, 0.29) is 23.9 Å². The van der Waals surface area contributed by atoms with Crippen LogP contribution in [0.3, 0.4) is 0 Å². The number of rotatable bonds is 4. The Kier molecular flexibility index (Phi) is 4.65. The van der Waals surface area contributed by atoms with Gasteiger partial charge in [0.25, 0.3) is 0 Å². The van der Waals surface area contributed by atoms with Crippen LogP contribution in [-0.2, 0) is 11.2 Å². The molecule has 1 heterocycles. The molecule has 0 spiro atoms. The van der Waals surface area contributed by atoms with Crippen molar-refractivity contribution in [2.45, 2.75) is 51.5 Å². The van der Waals surface area contributed by atoms with Crippen LogP contribution < -0.4 is 5.32 Å². The van der Waals surface area contributed by atoms with E-state index in [1.807, 2.05) is 0 Å². The molecule has 0 bridgehead atoms. The molecule has 1 aliphatic rings. The molecular weight excluding hydrogens is 258 g/mol. The van der Waals surface area contributed by atoms with E-state index in [2.05, 4.69) is 15.3 Å². The second kappa shape index (κ2) is 6.45. The number of aryl methyl sites for hydroxylation is 1. The molecule has 1 amide bonds. The Balaban J connectivity index is 1.93. The van der Waals surface area contributed by atoms with Crippen LogP contribution in [0.25, 0.3) is 0 Å². The van der Waals surface area contributed by atoms with Crippen molar-refractivity contribution >= 4 is 11.9 Å². The van der Waals surface area contributed by atoms with Gasteiger partial charge in [-0.1, -0.05) is 19.3 Å². The minimum atomic E-state index is -1.05. The minimum absolute atomic E-state index is 0.0708. The zero-order valence-corrected chi connectivity index (χ0v) is 11.6. The van der Waals surface area contributed by atoms with Crippen LogP contribution in [0, 0.1) is 6.92 Å². The van der Waals surface area contributed by atoms with Crippen molar-refractivity contribution in [1.29, 1.82) is 0 Å². The Bertz CT molecular complexity index is 510. The number of aromatic nitrogens is 2. The lowest BCUT2D eigenvalue weighted by molar-refractivity contribution is -0.121. The van der Waals surface area contributed by atoms with Crippen LogP contribution in [0.1, 0.15) is 54.0 Å². The van der Waals surface area contributed by atoms with E-state index in [9.17, 15) is 9.59 Å².